The molecule has 170 valence electrons. The van der Waals surface area contributed by atoms with Gasteiger partial charge in [0.15, 0.2) is 5.96 Å². The number of carbonyl (C=O) groups excluding carboxylic acids is 1. The summed E-state index contributed by atoms with van der Waals surface area (Å²) < 4.78 is 5.31. The van der Waals surface area contributed by atoms with Crippen LogP contribution in [-0.2, 0) is 11.3 Å². The van der Waals surface area contributed by atoms with E-state index in [2.05, 4.69) is 39.7 Å². The van der Waals surface area contributed by atoms with E-state index in [0.717, 1.165) is 37.6 Å². The Bertz CT molecular complexity index is 683. The van der Waals surface area contributed by atoms with Crippen LogP contribution in [0.25, 0.3) is 0 Å². The van der Waals surface area contributed by atoms with Gasteiger partial charge >= 0.3 is 0 Å². The number of methoxy groups -OCH3 is 1. The normalized spacial score (nSPS) is 17.1. The molecule has 1 fully saturated rings. The molecule has 1 heterocycles. The number of amides is 1. The summed E-state index contributed by atoms with van der Waals surface area (Å²) in [5, 5.41) is 9.54. The van der Waals surface area contributed by atoms with Crippen molar-refractivity contribution in [2.24, 2.45) is 4.99 Å². The largest absolute Gasteiger partial charge is 0.495 e. The number of hydrogen-bond acceptors (Lipinski definition) is 4. The van der Waals surface area contributed by atoms with Crippen LogP contribution in [0.4, 0.5) is 5.69 Å². The molecule has 3 N–H and O–H groups in total. The fourth-order valence-electron chi connectivity index (χ4n) is 3.63. The van der Waals surface area contributed by atoms with E-state index in [4.69, 9.17) is 4.74 Å². The molecule has 8 heteroatoms. The summed E-state index contributed by atoms with van der Waals surface area (Å²) in [7, 11) is 1.59. The molecule has 0 spiro atoms. The van der Waals surface area contributed by atoms with Gasteiger partial charge in [-0.25, -0.2) is 4.99 Å². The van der Waals surface area contributed by atoms with Crippen LogP contribution >= 0.6 is 24.0 Å². The maximum atomic E-state index is 11.4. The molecule has 1 atom stereocenters. The van der Waals surface area contributed by atoms with Crippen molar-refractivity contribution in [3.8, 4) is 5.75 Å². The first-order valence-corrected chi connectivity index (χ1v) is 10.7. The molecule has 1 saturated heterocycles. The third-order valence-corrected chi connectivity index (χ3v) is 5.19. The molecular weight excluding hydrogens is 493 g/mol. The molecule has 0 saturated carbocycles. The SMILES string of the molecule is CCNC(=NCc1ccc(OC)c(NC(C)=O)c1)NCCCN1CCCCC1C.I. The Kier molecular flexibility index (Phi) is 12.8. The standard InChI is InChI=1S/C22H37N5O2.HI/c1-5-23-22(24-12-8-14-27-13-7-6-9-17(27)2)25-16-19-10-11-21(29-4)20(15-19)26-18(3)28;/h10-11,15,17H,5-9,12-14,16H2,1-4H3,(H,26,28)(H2,23,24,25);1H. The van der Waals surface area contributed by atoms with E-state index in [9.17, 15) is 4.79 Å². The van der Waals surface area contributed by atoms with Crippen molar-refractivity contribution < 1.29 is 9.53 Å². The zero-order valence-electron chi connectivity index (χ0n) is 18.8. The molecule has 1 aromatic carbocycles. The molecule has 1 unspecified atom stereocenters. The second-order valence-corrected chi connectivity index (χ2v) is 7.57. The van der Waals surface area contributed by atoms with Crippen LogP contribution in [0.15, 0.2) is 23.2 Å². The molecule has 1 aliphatic rings. The zero-order chi connectivity index (χ0) is 21.1. The predicted octanol–water partition coefficient (Wildman–Crippen LogP) is 3.59. The molecule has 2 rings (SSSR count). The molecule has 1 amide bonds. The lowest BCUT2D eigenvalue weighted by molar-refractivity contribution is -0.114. The smallest absolute Gasteiger partial charge is 0.221 e. The van der Waals surface area contributed by atoms with Crippen LogP contribution in [0.1, 0.15) is 52.0 Å². The van der Waals surface area contributed by atoms with E-state index < -0.39 is 0 Å². The predicted molar refractivity (Wildman–Crippen MR) is 135 cm³/mol. The lowest BCUT2D eigenvalue weighted by Crippen LogP contribution is -2.41. The van der Waals surface area contributed by atoms with Crippen LogP contribution < -0.4 is 20.7 Å². The highest BCUT2D eigenvalue weighted by Crippen LogP contribution is 2.25. The maximum absolute atomic E-state index is 11.4. The lowest BCUT2D eigenvalue weighted by atomic mass is 10.0. The number of benzene rings is 1. The number of rotatable bonds is 9. The summed E-state index contributed by atoms with van der Waals surface area (Å²) in [4.78, 5) is 18.7. The van der Waals surface area contributed by atoms with Gasteiger partial charge in [-0.05, 0) is 57.4 Å². The third kappa shape index (κ3) is 9.07. The van der Waals surface area contributed by atoms with E-state index in [1.165, 1.54) is 32.7 Å². The maximum Gasteiger partial charge on any atom is 0.221 e. The van der Waals surface area contributed by atoms with Gasteiger partial charge < -0.3 is 25.6 Å². The third-order valence-electron chi connectivity index (χ3n) is 5.19. The minimum Gasteiger partial charge on any atom is -0.495 e. The van der Waals surface area contributed by atoms with Crippen molar-refractivity contribution in [2.75, 3.05) is 38.6 Å². The highest BCUT2D eigenvalue weighted by atomic mass is 127. The first-order chi connectivity index (χ1) is 14.0. The highest BCUT2D eigenvalue weighted by Gasteiger charge is 2.17. The number of hydrogen-bond donors (Lipinski definition) is 3. The number of carbonyl (C=O) groups is 1. The van der Waals surface area contributed by atoms with Gasteiger partial charge in [-0.1, -0.05) is 12.5 Å². The van der Waals surface area contributed by atoms with Crippen molar-refractivity contribution in [3.05, 3.63) is 23.8 Å². The Morgan fingerprint density at radius 1 is 1.30 bits per heavy atom. The summed E-state index contributed by atoms with van der Waals surface area (Å²) in [5.74, 6) is 1.34. The minimum atomic E-state index is -0.123. The van der Waals surface area contributed by atoms with E-state index in [1.807, 2.05) is 18.2 Å². The Morgan fingerprint density at radius 3 is 2.77 bits per heavy atom. The number of likely N-dealkylation sites (tertiary alicyclic amines) is 1. The van der Waals surface area contributed by atoms with E-state index in [0.29, 0.717) is 24.0 Å². The van der Waals surface area contributed by atoms with Gasteiger partial charge in [0.05, 0.1) is 19.3 Å². The number of nitrogens with zero attached hydrogens (tertiary/aromatic N) is 2. The van der Waals surface area contributed by atoms with Gasteiger partial charge in [-0.15, -0.1) is 24.0 Å². The van der Waals surface area contributed by atoms with E-state index in [1.54, 1.807) is 7.11 Å². The number of guanidine groups is 1. The van der Waals surface area contributed by atoms with E-state index >= 15 is 0 Å². The van der Waals surface area contributed by atoms with Crippen molar-refractivity contribution in [1.82, 2.24) is 15.5 Å². The van der Waals surface area contributed by atoms with Gasteiger partial charge in [0, 0.05) is 32.6 Å². The molecule has 0 aromatic heterocycles. The van der Waals surface area contributed by atoms with Gasteiger partial charge in [-0.3, -0.25) is 4.79 Å². The Balaban J connectivity index is 0.00000450. The second-order valence-electron chi connectivity index (χ2n) is 7.57. The monoisotopic (exact) mass is 531 g/mol. The summed E-state index contributed by atoms with van der Waals surface area (Å²) in [5.41, 5.74) is 1.68. The molecule has 0 bridgehead atoms. The number of ether oxygens (including phenoxy) is 1. The van der Waals surface area contributed by atoms with Crippen molar-refractivity contribution in [1.29, 1.82) is 0 Å². The Hall–Kier alpha value is -1.55. The van der Waals surface area contributed by atoms with Crippen LogP contribution in [0, 0.1) is 0 Å². The van der Waals surface area contributed by atoms with Gasteiger partial charge in [0.25, 0.3) is 0 Å². The summed E-state index contributed by atoms with van der Waals surface area (Å²) in [6, 6.07) is 6.44. The Labute approximate surface area is 198 Å². The first kappa shape index (κ1) is 26.5. The van der Waals surface area contributed by atoms with Gasteiger partial charge in [0.1, 0.15) is 5.75 Å². The summed E-state index contributed by atoms with van der Waals surface area (Å²) in [6.07, 6.45) is 5.11. The number of halogens is 1. The zero-order valence-corrected chi connectivity index (χ0v) is 21.1. The molecule has 30 heavy (non-hydrogen) atoms. The van der Waals surface area contributed by atoms with Crippen molar-refractivity contribution in [2.45, 2.75) is 59.0 Å². The highest BCUT2D eigenvalue weighted by molar-refractivity contribution is 14.0. The van der Waals surface area contributed by atoms with Crippen LogP contribution in [0.5, 0.6) is 5.75 Å². The van der Waals surface area contributed by atoms with Crippen molar-refractivity contribution in [3.63, 3.8) is 0 Å². The second kappa shape index (κ2) is 14.5. The van der Waals surface area contributed by atoms with Gasteiger partial charge in [0.2, 0.25) is 5.91 Å². The number of piperidine rings is 1. The quantitative estimate of drug-likeness (QED) is 0.197. The Morgan fingerprint density at radius 2 is 2.10 bits per heavy atom. The topological polar surface area (TPSA) is 78.0 Å². The number of nitrogens with one attached hydrogen (secondary N) is 3. The average molecular weight is 531 g/mol. The van der Waals surface area contributed by atoms with Gasteiger partial charge in [-0.2, -0.15) is 0 Å². The summed E-state index contributed by atoms with van der Waals surface area (Å²) >= 11 is 0. The number of aliphatic imine (C=N–C) groups is 1. The fourth-order valence-corrected chi connectivity index (χ4v) is 3.63. The molecular formula is C22H38IN5O2. The minimum absolute atomic E-state index is 0. The molecule has 1 aliphatic heterocycles. The van der Waals surface area contributed by atoms with Crippen LogP contribution in [0.3, 0.4) is 0 Å². The fraction of sp³-hybridized carbons (Fsp3) is 0.636. The van der Waals surface area contributed by atoms with Crippen LogP contribution in [0.2, 0.25) is 0 Å². The molecule has 0 aliphatic carbocycles. The molecule has 7 nitrogen and oxygen atoms in total. The van der Waals surface area contributed by atoms with Crippen LogP contribution in [-0.4, -0.2) is 56.1 Å². The van der Waals surface area contributed by atoms with E-state index in [-0.39, 0.29) is 29.9 Å². The lowest BCUT2D eigenvalue weighted by Gasteiger charge is -2.33. The summed E-state index contributed by atoms with van der Waals surface area (Å²) in [6.45, 7) is 10.5. The number of anilines is 1. The van der Waals surface area contributed by atoms with Crippen molar-refractivity contribution >= 4 is 41.5 Å². The average Bonchev–Trinajstić information content (AvgIpc) is 2.70. The first-order valence-electron chi connectivity index (χ1n) is 10.7. The molecule has 1 aromatic rings. The molecule has 0 radical (unpaired) electrons.